The lowest BCUT2D eigenvalue weighted by molar-refractivity contribution is 0.666. The molecule has 1 heterocycles. The van der Waals surface area contributed by atoms with Crippen LogP contribution < -0.4 is 0 Å². The molecule has 1 heteroatoms. The SMILES string of the molecule is C/C=C1\C(=C/Cc2cccc(-c3c4ccccc4c(-c4ccc(/C=C\CC)c(C)c4)c4ccccc34)c2)c2c(c3c(/C=C\CC)c(C)sc3c3ccccc23)C1(C)C. The summed E-state index contributed by atoms with van der Waals surface area (Å²) in [5.74, 6) is 0. The smallest absolute Gasteiger partial charge is 0.0433 e. The van der Waals surface area contributed by atoms with Gasteiger partial charge in [-0.1, -0.05) is 179 Å². The fraction of sp³-hybridized carbons (Fsp3) is 0.193. The fourth-order valence-corrected chi connectivity index (χ4v) is 11.1. The first-order valence-corrected chi connectivity index (χ1v) is 21.9. The van der Waals surface area contributed by atoms with Crippen molar-refractivity contribution in [2.24, 2.45) is 0 Å². The van der Waals surface area contributed by atoms with Crippen LogP contribution in [0.4, 0.5) is 0 Å². The number of aryl methyl sites for hydroxylation is 2. The van der Waals surface area contributed by atoms with Crippen LogP contribution in [-0.4, -0.2) is 0 Å². The predicted octanol–water partition coefficient (Wildman–Crippen LogP) is 17.0. The number of allylic oxidation sites excluding steroid dienone is 6. The lowest BCUT2D eigenvalue weighted by Gasteiger charge is -2.23. The second kappa shape index (κ2) is 15.2. The maximum absolute atomic E-state index is 2.53. The van der Waals surface area contributed by atoms with Crippen LogP contribution in [0.1, 0.15) is 85.7 Å². The fourth-order valence-electron chi connectivity index (χ4n) is 9.92. The molecule has 7 aromatic carbocycles. The molecule has 0 amide bonds. The third-order valence-corrected chi connectivity index (χ3v) is 13.7. The molecule has 0 atom stereocenters. The molecule has 9 rings (SSSR count). The molecule has 0 nitrogen and oxygen atoms in total. The summed E-state index contributed by atoms with van der Waals surface area (Å²) in [6.45, 7) is 16.1. The highest BCUT2D eigenvalue weighted by Crippen LogP contribution is 2.57. The maximum atomic E-state index is 2.53. The Labute approximate surface area is 348 Å². The van der Waals surface area contributed by atoms with Crippen LogP contribution in [0.2, 0.25) is 0 Å². The average molecular weight is 769 g/mol. The third-order valence-electron chi connectivity index (χ3n) is 12.5. The number of rotatable bonds is 8. The molecule has 286 valence electrons. The summed E-state index contributed by atoms with van der Waals surface area (Å²) in [6, 6.07) is 43.4. The number of hydrogen-bond acceptors (Lipinski definition) is 1. The quantitative estimate of drug-likeness (QED) is 0.135. The van der Waals surface area contributed by atoms with Crippen LogP contribution in [-0.2, 0) is 11.8 Å². The first-order chi connectivity index (χ1) is 28.3. The van der Waals surface area contributed by atoms with Crippen LogP contribution >= 0.6 is 11.3 Å². The molecule has 0 N–H and O–H groups in total. The maximum Gasteiger partial charge on any atom is 0.0433 e. The van der Waals surface area contributed by atoms with E-state index in [1.807, 2.05) is 11.3 Å². The van der Waals surface area contributed by atoms with Gasteiger partial charge < -0.3 is 0 Å². The number of benzene rings is 7. The number of fused-ring (bicyclic) bond motifs is 8. The molecule has 0 radical (unpaired) electrons. The molecule has 1 aliphatic carbocycles. The van der Waals surface area contributed by atoms with Crippen molar-refractivity contribution in [2.45, 2.75) is 73.1 Å². The van der Waals surface area contributed by atoms with Gasteiger partial charge in [0.25, 0.3) is 0 Å². The molecular formula is C57H52S. The van der Waals surface area contributed by atoms with Gasteiger partial charge in [0, 0.05) is 25.8 Å². The van der Waals surface area contributed by atoms with Crippen LogP contribution in [0.25, 0.3) is 82.4 Å². The zero-order chi connectivity index (χ0) is 40.1. The minimum absolute atomic E-state index is 0.132. The Morgan fingerprint density at radius 3 is 1.76 bits per heavy atom. The Bertz CT molecular complexity index is 2990. The first-order valence-electron chi connectivity index (χ1n) is 21.1. The van der Waals surface area contributed by atoms with Gasteiger partial charge in [0.2, 0.25) is 0 Å². The van der Waals surface area contributed by atoms with Crippen molar-refractivity contribution in [1.82, 2.24) is 0 Å². The van der Waals surface area contributed by atoms with Crippen molar-refractivity contribution in [3.63, 3.8) is 0 Å². The number of hydrogen-bond donors (Lipinski definition) is 0. The second-order valence-electron chi connectivity index (χ2n) is 16.5. The summed E-state index contributed by atoms with van der Waals surface area (Å²) in [7, 11) is 0. The average Bonchev–Trinajstić information content (AvgIpc) is 3.69. The van der Waals surface area contributed by atoms with E-state index in [0.717, 1.165) is 19.3 Å². The Morgan fingerprint density at radius 2 is 1.17 bits per heavy atom. The Hall–Kier alpha value is -5.76. The van der Waals surface area contributed by atoms with E-state index in [1.165, 1.54) is 114 Å². The van der Waals surface area contributed by atoms with Crippen LogP contribution in [0, 0.1) is 13.8 Å². The Morgan fingerprint density at radius 1 is 0.603 bits per heavy atom. The van der Waals surface area contributed by atoms with E-state index in [2.05, 4.69) is 200 Å². The summed E-state index contributed by atoms with van der Waals surface area (Å²) >= 11 is 1.96. The van der Waals surface area contributed by atoms with Gasteiger partial charge in [0.1, 0.15) is 0 Å². The molecule has 0 saturated heterocycles. The third kappa shape index (κ3) is 6.11. The molecule has 0 saturated carbocycles. The predicted molar refractivity (Wildman–Crippen MR) is 258 cm³/mol. The van der Waals surface area contributed by atoms with Gasteiger partial charge in [-0.15, -0.1) is 11.3 Å². The van der Waals surface area contributed by atoms with Crippen LogP contribution in [0.15, 0.2) is 145 Å². The van der Waals surface area contributed by atoms with Gasteiger partial charge in [0.05, 0.1) is 0 Å². The molecule has 0 bridgehead atoms. The number of thiophene rings is 1. The van der Waals surface area contributed by atoms with Gasteiger partial charge in [-0.25, -0.2) is 0 Å². The van der Waals surface area contributed by atoms with Crippen molar-refractivity contribution >= 4 is 71.5 Å². The topological polar surface area (TPSA) is 0 Å². The molecule has 0 fully saturated rings. The molecule has 1 aliphatic rings. The van der Waals surface area contributed by atoms with Crippen LogP contribution in [0.3, 0.4) is 0 Å². The lowest BCUT2D eigenvalue weighted by Crippen LogP contribution is -2.15. The van der Waals surface area contributed by atoms with E-state index < -0.39 is 0 Å². The van der Waals surface area contributed by atoms with Crippen molar-refractivity contribution in [3.05, 3.63) is 183 Å². The lowest BCUT2D eigenvalue weighted by atomic mass is 9.79. The monoisotopic (exact) mass is 768 g/mol. The van der Waals surface area contributed by atoms with E-state index in [-0.39, 0.29) is 5.41 Å². The molecule has 8 aromatic rings. The van der Waals surface area contributed by atoms with Crippen molar-refractivity contribution in [3.8, 4) is 22.3 Å². The van der Waals surface area contributed by atoms with Gasteiger partial charge in [-0.3, -0.25) is 0 Å². The second-order valence-corrected chi connectivity index (χ2v) is 17.7. The molecule has 0 spiro atoms. The van der Waals surface area contributed by atoms with Crippen molar-refractivity contribution in [2.75, 3.05) is 0 Å². The van der Waals surface area contributed by atoms with Crippen molar-refractivity contribution in [1.29, 1.82) is 0 Å². The van der Waals surface area contributed by atoms with Gasteiger partial charge in [-0.2, -0.15) is 0 Å². The van der Waals surface area contributed by atoms with E-state index in [0.29, 0.717) is 0 Å². The highest BCUT2D eigenvalue weighted by molar-refractivity contribution is 7.20. The normalized spacial score (nSPS) is 15.4. The Kier molecular flexibility index (Phi) is 9.91. The zero-order valence-electron chi connectivity index (χ0n) is 35.0. The van der Waals surface area contributed by atoms with Crippen LogP contribution in [0.5, 0.6) is 0 Å². The zero-order valence-corrected chi connectivity index (χ0v) is 35.8. The summed E-state index contributed by atoms with van der Waals surface area (Å²) in [6.07, 6.45) is 17.0. The summed E-state index contributed by atoms with van der Waals surface area (Å²) in [5.41, 5.74) is 16.0. The van der Waals surface area contributed by atoms with E-state index in [1.54, 1.807) is 0 Å². The molecular weight excluding hydrogens is 717 g/mol. The van der Waals surface area contributed by atoms with Gasteiger partial charge in [0.15, 0.2) is 0 Å². The molecule has 0 aliphatic heterocycles. The first kappa shape index (κ1) is 37.8. The summed E-state index contributed by atoms with van der Waals surface area (Å²) < 4.78 is 1.42. The highest BCUT2D eigenvalue weighted by Gasteiger charge is 2.41. The van der Waals surface area contributed by atoms with Gasteiger partial charge in [-0.05, 0) is 134 Å². The minimum atomic E-state index is -0.132. The van der Waals surface area contributed by atoms with E-state index in [4.69, 9.17) is 0 Å². The van der Waals surface area contributed by atoms with Gasteiger partial charge >= 0.3 is 0 Å². The molecule has 1 aromatic heterocycles. The van der Waals surface area contributed by atoms with E-state index in [9.17, 15) is 0 Å². The highest BCUT2D eigenvalue weighted by atomic mass is 32.1. The minimum Gasteiger partial charge on any atom is -0.139 e. The molecule has 58 heavy (non-hydrogen) atoms. The summed E-state index contributed by atoms with van der Waals surface area (Å²) in [5, 5.41) is 9.32. The Balaban J connectivity index is 1.20. The summed E-state index contributed by atoms with van der Waals surface area (Å²) in [4.78, 5) is 1.39. The van der Waals surface area contributed by atoms with E-state index >= 15 is 0 Å². The van der Waals surface area contributed by atoms with Crippen molar-refractivity contribution < 1.29 is 0 Å². The largest absolute Gasteiger partial charge is 0.139 e. The standard InChI is InChI=1S/C57H52S/c1-8-11-21-39-31-32-41(34-36(39)4)52-45-26-15-13-24-43(45)51(44-25-14-16-27-46(44)52)40-22-19-20-38(35-40)30-33-49-50(10-3)57(6,7)55-53(49)47-28-17-18-29-48(47)56-54(55)42(23-12-9-2)37(5)58-56/h10-29,31-35H,8-9,30H2,1-7H3/b21-11-,23-12-,49-33+,50-10+. The molecule has 0 unspecified atom stereocenters.